The Labute approximate surface area is 65.4 Å². The number of aromatic nitrogens is 1. The topological polar surface area (TPSA) is 12.9 Å². The van der Waals surface area contributed by atoms with E-state index in [-0.39, 0.29) is 0 Å². The Morgan fingerprint density at radius 3 is 2.82 bits per heavy atom. The lowest BCUT2D eigenvalue weighted by atomic mass is 10.2. The van der Waals surface area contributed by atoms with Gasteiger partial charge in [-0.1, -0.05) is 18.7 Å². The summed E-state index contributed by atoms with van der Waals surface area (Å²) in [4.78, 5) is 4.06. The van der Waals surface area contributed by atoms with Crippen LogP contribution in [0.2, 0.25) is 0 Å². The zero-order chi connectivity index (χ0) is 7.84. The van der Waals surface area contributed by atoms with Crippen molar-refractivity contribution in [2.45, 2.75) is 6.92 Å². The van der Waals surface area contributed by atoms with Crippen molar-refractivity contribution in [3.8, 4) is 0 Å². The maximum atomic E-state index is 4.06. The molecule has 0 saturated heterocycles. The molecule has 0 spiro atoms. The summed E-state index contributed by atoms with van der Waals surface area (Å²) in [5.41, 5.74) is 2.47. The predicted octanol–water partition coefficient (Wildman–Crippen LogP) is 0.689. The summed E-state index contributed by atoms with van der Waals surface area (Å²) in [5, 5.41) is 2.27. The number of allylic oxidation sites excluding steroid dienone is 1. The Balaban J connectivity index is 3.03. The molecule has 0 unspecified atom stereocenters. The monoisotopic (exact) mass is 143 g/mol. The van der Waals surface area contributed by atoms with Crippen LogP contribution in [0.1, 0.15) is 12.5 Å². The van der Waals surface area contributed by atoms with Crippen LogP contribution in [0.15, 0.2) is 18.5 Å². The third kappa shape index (κ3) is 0.811. The van der Waals surface area contributed by atoms with Crippen molar-refractivity contribution in [3.05, 3.63) is 34.5 Å². The molecular formula is C10H9N. The first-order valence-corrected chi connectivity index (χ1v) is 3.61. The van der Waals surface area contributed by atoms with Crippen molar-refractivity contribution >= 4 is 18.2 Å². The zero-order valence-corrected chi connectivity index (χ0v) is 6.46. The molecule has 1 aromatic rings. The second-order valence-corrected chi connectivity index (χ2v) is 2.78. The molecule has 1 aliphatic carbocycles. The van der Waals surface area contributed by atoms with Gasteiger partial charge < -0.3 is 0 Å². The van der Waals surface area contributed by atoms with Gasteiger partial charge in [-0.15, -0.1) is 0 Å². The van der Waals surface area contributed by atoms with Gasteiger partial charge >= 0.3 is 0 Å². The molecule has 0 N–H and O–H groups in total. The normalized spacial score (nSPS) is 13.7. The molecule has 54 valence electrons. The zero-order valence-electron chi connectivity index (χ0n) is 6.46. The van der Waals surface area contributed by atoms with Gasteiger partial charge in [-0.2, -0.15) is 0 Å². The van der Waals surface area contributed by atoms with E-state index in [1.165, 1.54) is 16.4 Å². The van der Waals surface area contributed by atoms with Crippen molar-refractivity contribution in [3.63, 3.8) is 0 Å². The molecule has 1 aliphatic rings. The van der Waals surface area contributed by atoms with Gasteiger partial charge in [0.2, 0.25) is 0 Å². The van der Waals surface area contributed by atoms with Crippen LogP contribution < -0.4 is 10.4 Å². The minimum Gasteiger partial charge on any atom is -0.263 e. The van der Waals surface area contributed by atoms with E-state index in [2.05, 4.69) is 30.6 Å². The number of rotatable bonds is 0. The molecule has 0 amide bonds. The Morgan fingerprint density at radius 2 is 2.09 bits per heavy atom. The molecule has 0 bridgehead atoms. The second-order valence-electron chi connectivity index (χ2n) is 2.78. The van der Waals surface area contributed by atoms with Crippen molar-refractivity contribution in [1.82, 2.24) is 4.98 Å². The number of hydrogen-bond donors (Lipinski definition) is 0. The highest BCUT2D eigenvalue weighted by atomic mass is 14.6. The minimum atomic E-state index is 1.02. The van der Waals surface area contributed by atoms with E-state index in [1.807, 2.05) is 6.20 Å². The molecule has 0 aromatic carbocycles. The Kier molecular flexibility index (Phi) is 1.19. The van der Waals surface area contributed by atoms with E-state index in [0.29, 0.717) is 0 Å². The van der Waals surface area contributed by atoms with Gasteiger partial charge in [0.1, 0.15) is 0 Å². The summed E-state index contributed by atoms with van der Waals surface area (Å²) in [5.74, 6) is 0. The van der Waals surface area contributed by atoms with Crippen LogP contribution >= 0.6 is 0 Å². The molecule has 1 nitrogen and oxygen atoms in total. The van der Waals surface area contributed by atoms with Crippen LogP contribution in [-0.4, -0.2) is 4.98 Å². The number of pyridine rings is 1. The largest absolute Gasteiger partial charge is 0.263 e. The van der Waals surface area contributed by atoms with Crippen LogP contribution in [0, 0.1) is 0 Å². The second kappa shape index (κ2) is 2.06. The SMILES string of the molecule is C=c1cncc2c1=C(C)C=C2. The fourth-order valence-corrected chi connectivity index (χ4v) is 1.43. The van der Waals surface area contributed by atoms with Crippen LogP contribution in [0.3, 0.4) is 0 Å². The quantitative estimate of drug-likeness (QED) is 0.520. The lowest BCUT2D eigenvalue weighted by Crippen LogP contribution is -2.26. The van der Waals surface area contributed by atoms with Gasteiger partial charge in [-0.25, -0.2) is 0 Å². The van der Waals surface area contributed by atoms with Crippen molar-refractivity contribution in [2.75, 3.05) is 0 Å². The number of nitrogens with zero attached hydrogens (tertiary/aromatic N) is 1. The van der Waals surface area contributed by atoms with Crippen LogP contribution in [-0.2, 0) is 0 Å². The minimum absolute atomic E-state index is 1.02. The van der Waals surface area contributed by atoms with Crippen molar-refractivity contribution in [2.24, 2.45) is 0 Å². The summed E-state index contributed by atoms with van der Waals surface area (Å²) in [6, 6.07) is 0. The molecule has 0 saturated carbocycles. The third-order valence-electron chi connectivity index (χ3n) is 1.96. The van der Waals surface area contributed by atoms with E-state index < -0.39 is 0 Å². The average molecular weight is 143 g/mol. The highest BCUT2D eigenvalue weighted by Crippen LogP contribution is 2.05. The van der Waals surface area contributed by atoms with Crippen LogP contribution in [0.25, 0.3) is 18.2 Å². The predicted molar refractivity (Wildman–Crippen MR) is 47.1 cm³/mol. The number of hydrogen-bond acceptors (Lipinski definition) is 1. The van der Waals surface area contributed by atoms with Crippen molar-refractivity contribution in [1.29, 1.82) is 0 Å². The van der Waals surface area contributed by atoms with Gasteiger partial charge in [0.25, 0.3) is 0 Å². The standard InChI is InChI=1S/C10H9N/c1-7-3-4-9-6-11-5-8(2)10(7)9/h3-6H,2H2,1H3. The van der Waals surface area contributed by atoms with E-state index in [1.54, 1.807) is 6.20 Å². The molecular weight excluding hydrogens is 134 g/mol. The summed E-state index contributed by atoms with van der Waals surface area (Å²) in [6.45, 7) is 6.01. The molecule has 2 rings (SSSR count). The highest BCUT2D eigenvalue weighted by Gasteiger charge is 2.00. The van der Waals surface area contributed by atoms with Crippen molar-refractivity contribution < 1.29 is 0 Å². The van der Waals surface area contributed by atoms with Gasteiger partial charge in [0, 0.05) is 18.0 Å². The lowest BCUT2D eigenvalue weighted by molar-refractivity contribution is 1.26. The first-order valence-electron chi connectivity index (χ1n) is 3.61. The molecule has 1 heteroatoms. The molecule has 0 aliphatic heterocycles. The van der Waals surface area contributed by atoms with E-state index >= 15 is 0 Å². The van der Waals surface area contributed by atoms with Crippen LogP contribution in [0.5, 0.6) is 0 Å². The first kappa shape index (κ1) is 6.35. The smallest absolute Gasteiger partial charge is 0.0346 e. The number of fused-ring (bicyclic) bond motifs is 1. The van der Waals surface area contributed by atoms with Gasteiger partial charge in [0.15, 0.2) is 0 Å². The van der Waals surface area contributed by atoms with Gasteiger partial charge in [-0.3, -0.25) is 4.98 Å². The molecule has 1 aromatic heterocycles. The lowest BCUT2D eigenvalue weighted by Gasteiger charge is -1.91. The Hall–Kier alpha value is -1.37. The summed E-state index contributed by atoms with van der Waals surface area (Å²) in [6.07, 6.45) is 7.85. The fourth-order valence-electron chi connectivity index (χ4n) is 1.43. The summed E-state index contributed by atoms with van der Waals surface area (Å²) < 4.78 is 0. The maximum Gasteiger partial charge on any atom is 0.0346 e. The van der Waals surface area contributed by atoms with E-state index in [4.69, 9.17) is 0 Å². The molecule has 11 heavy (non-hydrogen) atoms. The molecule has 0 fully saturated rings. The van der Waals surface area contributed by atoms with Crippen LogP contribution in [0.4, 0.5) is 0 Å². The Bertz CT molecular complexity index is 427. The van der Waals surface area contributed by atoms with E-state index in [0.717, 1.165) is 5.22 Å². The fraction of sp³-hybridized carbons (Fsp3) is 0.100. The summed E-state index contributed by atoms with van der Waals surface area (Å²) >= 11 is 0. The molecule has 0 radical (unpaired) electrons. The van der Waals surface area contributed by atoms with E-state index in [9.17, 15) is 0 Å². The van der Waals surface area contributed by atoms with Gasteiger partial charge in [0.05, 0.1) is 0 Å². The highest BCUT2D eigenvalue weighted by molar-refractivity contribution is 5.73. The maximum absolute atomic E-state index is 4.06. The summed E-state index contributed by atoms with van der Waals surface area (Å²) in [7, 11) is 0. The van der Waals surface area contributed by atoms with Gasteiger partial charge in [-0.05, 0) is 22.9 Å². The average Bonchev–Trinajstić information content (AvgIpc) is 2.34. The molecule has 1 heterocycles. The molecule has 0 atom stereocenters. The third-order valence-corrected chi connectivity index (χ3v) is 1.96. The Morgan fingerprint density at radius 1 is 1.27 bits per heavy atom. The first-order chi connectivity index (χ1) is 5.29.